The number of hydrogen-bond donors (Lipinski definition) is 2. The van der Waals surface area contributed by atoms with Crippen molar-refractivity contribution in [2.24, 2.45) is 5.73 Å². The van der Waals surface area contributed by atoms with Crippen LogP contribution >= 0.6 is 12.2 Å². The van der Waals surface area contributed by atoms with Gasteiger partial charge in [-0.05, 0) is 25.3 Å². The monoisotopic (exact) mass is 292 g/mol. The molecule has 20 heavy (non-hydrogen) atoms. The number of hydrogen-bond acceptors (Lipinski definition) is 3. The average molecular weight is 292 g/mol. The van der Waals surface area contributed by atoms with Gasteiger partial charge in [-0.3, -0.25) is 4.79 Å². The highest BCUT2D eigenvalue weighted by Crippen LogP contribution is 2.23. The second kappa shape index (κ2) is 6.81. The second-order valence-electron chi connectivity index (χ2n) is 5.05. The van der Waals surface area contributed by atoms with Crippen LogP contribution in [-0.4, -0.2) is 29.6 Å². The zero-order valence-electron chi connectivity index (χ0n) is 11.6. The first-order valence-corrected chi connectivity index (χ1v) is 7.29. The molecule has 3 N–H and O–H groups in total. The molecule has 0 aliphatic heterocycles. The molecule has 1 amide bonds. The Hall–Kier alpha value is -1.46. The third-order valence-corrected chi connectivity index (χ3v) is 3.70. The molecule has 1 aliphatic rings. The summed E-state index contributed by atoms with van der Waals surface area (Å²) in [4.78, 5) is 12.3. The molecular weight excluding hydrogens is 272 g/mol. The van der Waals surface area contributed by atoms with Gasteiger partial charge in [0.05, 0.1) is 12.5 Å². The van der Waals surface area contributed by atoms with E-state index in [4.69, 9.17) is 22.7 Å². The van der Waals surface area contributed by atoms with Crippen LogP contribution in [0.5, 0.6) is 0 Å². The van der Waals surface area contributed by atoms with Crippen LogP contribution < -0.4 is 11.1 Å². The lowest BCUT2D eigenvalue weighted by atomic mass is 9.89. The van der Waals surface area contributed by atoms with Crippen molar-refractivity contribution in [2.45, 2.75) is 38.3 Å². The molecule has 1 aliphatic carbocycles. The molecule has 1 aromatic rings. The van der Waals surface area contributed by atoms with Gasteiger partial charge in [0, 0.05) is 18.2 Å². The van der Waals surface area contributed by atoms with Crippen LogP contribution in [0.3, 0.4) is 0 Å². The number of benzene rings is 1. The number of ether oxygens (including phenoxy) is 1. The minimum atomic E-state index is 0.0491. The molecule has 108 valence electrons. The van der Waals surface area contributed by atoms with Crippen LogP contribution in [0.15, 0.2) is 24.3 Å². The first-order chi connectivity index (χ1) is 9.58. The lowest BCUT2D eigenvalue weighted by Gasteiger charge is -2.35. The van der Waals surface area contributed by atoms with Gasteiger partial charge in [-0.1, -0.05) is 36.5 Å². The summed E-state index contributed by atoms with van der Waals surface area (Å²) in [5.41, 5.74) is 7.32. The minimum Gasteiger partial charge on any atom is -0.389 e. The zero-order chi connectivity index (χ0) is 14.5. The van der Waals surface area contributed by atoms with Crippen molar-refractivity contribution in [1.29, 1.82) is 0 Å². The van der Waals surface area contributed by atoms with Gasteiger partial charge in [0.25, 0.3) is 0 Å². The number of nitrogens with two attached hydrogens (primary N) is 1. The Balaban J connectivity index is 1.76. The van der Waals surface area contributed by atoms with Gasteiger partial charge < -0.3 is 15.8 Å². The number of carbonyl (C=O) groups excluding carboxylic acids is 1. The van der Waals surface area contributed by atoms with Crippen molar-refractivity contribution in [2.75, 3.05) is 6.61 Å². The van der Waals surface area contributed by atoms with E-state index in [1.54, 1.807) is 0 Å². The number of carbonyl (C=O) groups is 1. The predicted octanol–water partition coefficient (Wildman–Crippen LogP) is 1.55. The van der Waals surface area contributed by atoms with E-state index in [2.05, 4.69) is 5.32 Å². The summed E-state index contributed by atoms with van der Waals surface area (Å²) < 4.78 is 5.47. The van der Waals surface area contributed by atoms with Crippen LogP contribution in [0.25, 0.3) is 0 Å². The molecule has 0 unspecified atom stereocenters. The summed E-state index contributed by atoms with van der Waals surface area (Å²) in [5.74, 6) is 0.0491. The maximum atomic E-state index is 11.9. The molecule has 0 heterocycles. The Bertz CT molecular complexity index is 481. The summed E-state index contributed by atoms with van der Waals surface area (Å²) in [6.45, 7) is 2.73. The van der Waals surface area contributed by atoms with E-state index in [1.807, 2.05) is 31.2 Å². The van der Waals surface area contributed by atoms with E-state index in [1.165, 1.54) is 0 Å². The predicted molar refractivity (Wildman–Crippen MR) is 82.6 cm³/mol. The highest BCUT2D eigenvalue weighted by Gasteiger charge is 2.30. The summed E-state index contributed by atoms with van der Waals surface area (Å²) >= 11 is 4.89. The summed E-state index contributed by atoms with van der Waals surface area (Å²) in [6.07, 6.45) is 2.53. The van der Waals surface area contributed by atoms with E-state index in [0.29, 0.717) is 17.5 Å². The number of rotatable bonds is 6. The fourth-order valence-electron chi connectivity index (χ4n) is 2.31. The quantitative estimate of drug-likeness (QED) is 0.781. The molecule has 0 saturated heterocycles. The molecule has 5 heteroatoms. The largest absolute Gasteiger partial charge is 0.389 e. The van der Waals surface area contributed by atoms with Crippen molar-refractivity contribution < 1.29 is 9.53 Å². The second-order valence-corrected chi connectivity index (χ2v) is 5.49. The highest BCUT2D eigenvalue weighted by molar-refractivity contribution is 7.80. The Morgan fingerprint density at radius 2 is 2.05 bits per heavy atom. The maximum absolute atomic E-state index is 11.9. The van der Waals surface area contributed by atoms with Crippen molar-refractivity contribution >= 4 is 23.1 Å². The summed E-state index contributed by atoms with van der Waals surface area (Å²) in [7, 11) is 0. The normalized spacial score (nSPS) is 21.1. The molecule has 2 rings (SSSR count). The lowest BCUT2D eigenvalue weighted by molar-refractivity contribution is -0.123. The Labute approximate surface area is 124 Å². The molecule has 1 saturated carbocycles. The molecule has 1 fully saturated rings. The number of amides is 1. The van der Waals surface area contributed by atoms with Crippen LogP contribution in [-0.2, 0) is 16.0 Å². The van der Waals surface area contributed by atoms with E-state index in [-0.39, 0.29) is 11.9 Å². The van der Waals surface area contributed by atoms with Gasteiger partial charge >= 0.3 is 0 Å². The van der Waals surface area contributed by atoms with Crippen LogP contribution in [0.4, 0.5) is 0 Å². The van der Waals surface area contributed by atoms with Crippen molar-refractivity contribution in [3.05, 3.63) is 35.4 Å². The van der Waals surface area contributed by atoms with Crippen LogP contribution in [0, 0.1) is 0 Å². The van der Waals surface area contributed by atoms with Crippen molar-refractivity contribution in [3.63, 3.8) is 0 Å². The van der Waals surface area contributed by atoms with Gasteiger partial charge in [0.15, 0.2) is 0 Å². The average Bonchev–Trinajstić information content (AvgIpc) is 2.37. The summed E-state index contributed by atoms with van der Waals surface area (Å²) in [5, 5.41) is 3.02. The SMILES string of the molecule is CCOC1CC(NC(=O)Cc2ccc(C(N)=S)cc2)C1. The van der Waals surface area contributed by atoms with Gasteiger partial charge in [-0.25, -0.2) is 0 Å². The highest BCUT2D eigenvalue weighted by atomic mass is 32.1. The van der Waals surface area contributed by atoms with E-state index >= 15 is 0 Å². The Morgan fingerprint density at radius 3 is 2.60 bits per heavy atom. The van der Waals surface area contributed by atoms with E-state index in [9.17, 15) is 4.79 Å². The third kappa shape index (κ3) is 4.02. The topological polar surface area (TPSA) is 64.3 Å². The zero-order valence-corrected chi connectivity index (χ0v) is 12.4. The molecule has 0 spiro atoms. The molecule has 1 aromatic carbocycles. The van der Waals surface area contributed by atoms with Gasteiger partial charge in [0.1, 0.15) is 4.99 Å². The van der Waals surface area contributed by atoms with Crippen LogP contribution in [0.1, 0.15) is 30.9 Å². The first kappa shape index (κ1) is 14.9. The Morgan fingerprint density at radius 1 is 1.40 bits per heavy atom. The number of thiocarbonyl (C=S) groups is 1. The van der Waals surface area contributed by atoms with E-state index in [0.717, 1.165) is 30.6 Å². The third-order valence-electron chi connectivity index (χ3n) is 3.47. The van der Waals surface area contributed by atoms with Crippen molar-refractivity contribution in [3.8, 4) is 0 Å². The van der Waals surface area contributed by atoms with Gasteiger partial charge in [0.2, 0.25) is 5.91 Å². The lowest BCUT2D eigenvalue weighted by Crippen LogP contribution is -2.48. The standard InChI is InChI=1S/C15H20N2O2S/c1-2-19-13-8-12(9-13)17-14(18)7-10-3-5-11(6-4-10)15(16)20/h3-6,12-13H,2,7-9H2,1H3,(H2,16,20)(H,17,18). The first-order valence-electron chi connectivity index (χ1n) is 6.88. The molecule has 0 bridgehead atoms. The van der Waals surface area contributed by atoms with Gasteiger partial charge in [-0.2, -0.15) is 0 Å². The smallest absolute Gasteiger partial charge is 0.224 e. The van der Waals surface area contributed by atoms with Crippen LogP contribution in [0.2, 0.25) is 0 Å². The molecular formula is C15H20N2O2S. The van der Waals surface area contributed by atoms with Crippen molar-refractivity contribution in [1.82, 2.24) is 5.32 Å². The maximum Gasteiger partial charge on any atom is 0.224 e. The molecule has 0 atom stereocenters. The fraction of sp³-hybridized carbons (Fsp3) is 0.467. The van der Waals surface area contributed by atoms with Gasteiger partial charge in [-0.15, -0.1) is 0 Å². The minimum absolute atomic E-state index is 0.0491. The molecule has 4 nitrogen and oxygen atoms in total. The molecule has 0 radical (unpaired) electrons. The molecule has 0 aromatic heterocycles. The fourth-order valence-corrected chi connectivity index (χ4v) is 2.44. The summed E-state index contributed by atoms with van der Waals surface area (Å²) in [6, 6.07) is 7.73. The Kier molecular flexibility index (Phi) is 5.09. The number of nitrogens with one attached hydrogen (secondary N) is 1. The van der Waals surface area contributed by atoms with E-state index < -0.39 is 0 Å².